The van der Waals surface area contributed by atoms with Gasteiger partial charge in [0, 0.05) is 50.1 Å². The molecule has 87 heavy (non-hydrogen) atoms. The lowest BCUT2D eigenvalue weighted by atomic mass is 10.0. The van der Waals surface area contributed by atoms with Gasteiger partial charge in [-0.3, -0.25) is 43.3 Å². The number of carboxylic acid groups (broad SMARTS) is 1. The fraction of sp³-hybridized carbons (Fsp3) is 0.679. The van der Waals surface area contributed by atoms with E-state index in [0.29, 0.717) is 88.5 Å². The van der Waals surface area contributed by atoms with E-state index < -0.39 is 105 Å². The van der Waals surface area contributed by atoms with Crippen LogP contribution in [0.5, 0.6) is 0 Å². The molecule has 1 saturated carbocycles. The van der Waals surface area contributed by atoms with Crippen molar-refractivity contribution in [2.24, 2.45) is 39.9 Å². The van der Waals surface area contributed by atoms with Gasteiger partial charge in [-0.2, -0.15) is 0 Å². The molecule has 1 unspecified atom stereocenters. The van der Waals surface area contributed by atoms with Crippen molar-refractivity contribution in [2.75, 3.05) is 45.9 Å². The Balaban J connectivity index is 0.894. The van der Waals surface area contributed by atoms with Crippen molar-refractivity contribution in [1.82, 2.24) is 57.1 Å². The number of carbonyl (C=O) groups is 9. The molecular formula is C56H87N15O15P+. The monoisotopic (exact) mass is 1240 g/mol. The van der Waals surface area contributed by atoms with Gasteiger partial charge >= 0.3 is 20.3 Å². The van der Waals surface area contributed by atoms with Crippen molar-refractivity contribution < 1.29 is 72.1 Å². The van der Waals surface area contributed by atoms with Crippen LogP contribution in [-0.4, -0.2) is 183 Å². The standard InChI is InChI=1S/C56H86N15O15P/c57-40(15-6-3-11-26-71-46-22-20-38-37(19-21-41(46)68-69-71)39(38)33-85-56(82)62-24-9-2-7-18-48(74)70-31-36(72)28-35(70)32-86-87(83)84)50(77)60-23-10-8-16-43-52(79)65-42(17-12-25-61-55(58)59)51(78)63-30-47(73)64-45(29-49(75)76)54(81)67-44(53(80)66-43)27-34-13-4-1-5-14-34/h1,4-5,13-14,35-40,42-45,72H,2-3,6-12,15-33,57H2,(H12-,58,59,60,61,62,63,64,65,66,67,73,75,76,77,78,79,80,81,82,83,84)/p+1/t35-,36+,37-,38+,39-,40+,42-,43-,44+,45-/m0/s1. The van der Waals surface area contributed by atoms with Crippen molar-refractivity contribution in [3.05, 3.63) is 47.3 Å². The first-order valence-electron chi connectivity index (χ1n) is 30.2. The zero-order valence-electron chi connectivity index (χ0n) is 49.1. The topological polar surface area (TPSA) is 458 Å². The molecule has 2 aliphatic heterocycles. The first kappa shape index (κ1) is 68.7. The first-order valence-corrected chi connectivity index (χ1v) is 31.3. The molecule has 11 atom stereocenters. The summed E-state index contributed by atoms with van der Waals surface area (Å²) in [6.07, 6.45) is 7.57. The molecular weight excluding hydrogens is 1150 g/mol. The summed E-state index contributed by atoms with van der Waals surface area (Å²) in [6.45, 7) is 1.11. The SMILES string of the molecule is NC(N)=NCCC[C@@H]1NC(=O)[C@H](CCCCNC(=O)[C@H](N)CCCCCn2nnc3c2CC[C@@H]2[C@H](CC3)[C@@H]2COC(=O)NCCCCCC(=O)N2C[C@H](O)C[C@H]2CO[P+](=O)O)NC(=O)[C@@H](Cc2ccccc2)NC(=O)[C@H](CC(=O)O)NC(=O)CNC1=O. The highest BCUT2D eigenvalue weighted by Gasteiger charge is 2.50. The molecule has 0 bridgehead atoms. The molecule has 3 fully saturated rings. The number of fused-ring (bicyclic) bond motifs is 2. The largest absolute Gasteiger partial charge is 0.694 e. The number of aliphatic hydroxyl groups excluding tert-OH is 1. The third kappa shape index (κ3) is 23.3. The normalized spacial score (nSPS) is 23.9. The van der Waals surface area contributed by atoms with Crippen LogP contribution in [0.3, 0.4) is 0 Å². The number of aryl methyl sites for hydroxylation is 2. The number of hydrogen-bond donors (Lipinski definition) is 13. The number of carboxylic acids is 1. The van der Waals surface area contributed by atoms with Gasteiger partial charge in [0.25, 0.3) is 0 Å². The highest BCUT2D eigenvalue weighted by atomic mass is 31.1. The number of alkyl carbamates (subject to hydrolysis) is 1. The molecule has 30 nitrogen and oxygen atoms in total. The predicted octanol–water partition coefficient (Wildman–Crippen LogP) is -1.05. The Morgan fingerprint density at radius 3 is 2.20 bits per heavy atom. The van der Waals surface area contributed by atoms with Gasteiger partial charge in [0.1, 0.15) is 30.8 Å². The molecule has 0 spiro atoms. The van der Waals surface area contributed by atoms with Crippen LogP contribution in [-0.2, 0) is 78.0 Å². The zero-order valence-corrected chi connectivity index (χ0v) is 50.0. The number of carbonyl (C=O) groups excluding carboxylic acids is 8. The van der Waals surface area contributed by atoms with E-state index in [4.69, 9.17) is 31.4 Å². The number of nitrogens with one attached hydrogen (secondary N) is 7. The molecule has 1 aromatic carbocycles. The maximum atomic E-state index is 14.1. The number of aliphatic hydroxyl groups is 1. The number of β-amino-alcohol motifs (C(OH)–C–C–N with tert-alkyl or cyclic N) is 1. The van der Waals surface area contributed by atoms with E-state index in [2.05, 4.69) is 52.5 Å². The third-order valence-corrected chi connectivity index (χ3v) is 16.6. The second kappa shape index (κ2) is 35.4. The highest BCUT2D eigenvalue weighted by Crippen LogP contribution is 2.53. The number of likely N-dealkylation sites (tertiary alicyclic amines) is 1. The van der Waals surface area contributed by atoms with Gasteiger partial charge in [-0.15, -0.1) is 14.5 Å². The molecule has 16 N–H and O–H groups in total. The minimum Gasteiger partial charge on any atom is -0.481 e. The smallest absolute Gasteiger partial charge is 0.481 e. The number of aliphatic carboxylic acids is 1. The summed E-state index contributed by atoms with van der Waals surface area (Å²) in [6, 6.07) is 1.99. The number of benzene rings is 1. The lowest BCUT2D eigenvalue weighted by Gasteiger charge is -2.26. The van der Waals surface area contributed by atoms with E-state index in [9.17, 15) is 57.9 Å². The van der Waals surface area contributed by atoms with Crippen LogP contribution >= 0.6 is 8.25 Å². The second-order valence-corrected chi connectivity index (χ2v) is 23.5. The zero-order chi connectivity index (χ0) is 62.8. The van der Waals surface area contributed by atoms with E-state index >= 15 is 0 Å². The summed E-state index contributed by atoms with van der Waals surface area (Å²) >= 11 is 0. The summed E-state index contributed by atoms with van der Waals surface area (Å²) in [5.74, 6) is -5.08. The minimum absolute atomic E-state index is 0.0190. The van der Waals surface area contributed by atoms with Crippen LogP contribution in [0.1, 0.15) is 126 Å². The average molecular weight is 1240 g/mol. The minimum atomic E-state index is -2.79. The quantitative estimate of drug-likeness (QED) is 0.0185. The van der Waals surface area contributed by atoms with Crippen molar-refractivity contribution >= 4 is 67.6 Å². The average Bonchev–Trinajstić information content (AvgIpc) is 1.83. The molecule has 6 rings (SSSR count). The Morgan fingerprint density at radius 2 is 1.46 bits per heavy atom. The molecule has 2 aliphatic carbocycles. The van der Waals surface area contributed by atoms with Crippen LogP contribution in [0.2, 0.25) is 0 Å². The number of unbranched alkanes of at least 4 members (excludes halogenated alkanes) is 5. The summed E-state index contributed by atoms with van der Waals surface area (Å²) < 4.78 is 23.3. The maximum Gasteiger partial charge on any atom is 0.694 e. The predicted molar refractivity (Wildman–Crippen MR) is 313 cm³/mol. The molecule has 0 radical (unpaired) electrons. The highest BCUT2D eigenvalue weighted by molar-refractivity contribution is 7.32. The number of nitrogens with zero attached hydrogens (tertiary/aromatic N) is 5. The lowest BCUT2D eigenvalue weighted by Crippen LogP contribution is -2.58. The Kier molecular flexibility index (Phi) is 28.0. The fourth-order valence-electron chi connectivity index (χ4n) is 11.5. The molecule has 8 amide bonds. The Morgan fingerprint density at radius 1 is 0.793 bits per heavy atom. The van der Waals surface area contributed by atoms with Crippen molar-refractivity contribution in [1.29, 1.82) is 0 Å². The molecule has 4 aliphatic rings. The Bertz CT molecular complexity index is 2700. The molecule has 31 heteroatoms. The van der Waals surface area contributed by atoms with Gasteiger partial charge in [0.2, 0.25) is 41.4 Å². The molecule has 2 aromatic rings. The summed E-state index contributed by atoms with van der Waals surface area (Å²) in [5, 5.41) is 46.9. The Labute approximate surface area is 505 Å². The molecule has 2 saturated heterocycles. The molecule has 480 valence electrons. The van der Waals surface area contributed by atoms with Crippen LogP contribution in [0, 0.1) is 17.8 Å². The van der Waals surface area contributed by atoms with Crippen molar-refractivity contribution in [3.8, 4) is 0 Å². The summed E-state index contributed by atoms with van der Waals surface area (Å²) in [5.41, 5.74) is 20.0. The van der Waals surface area contributed by atoms with E-state index in [0.717, 1.165) is 49.9 Å². The van der Waals surface area contributed by atoms with Crippen molar-refractivity contribution in [3.63, 3.8) is 0 Å². The van der Waals surface area contributed by atoms with E-state index in [1.54, 1.807) is 30.3 Å². The van der Waals surface area contributed by atoms with Gasteiger partial charge in [0.05, 0.1) is 49.1 Å². The number of nitrogens with two attached hydrogens (primary N) is 3. The van der Waals surface area contributed by atoms with Gasteiger partial charge in [-0.1, -0.05) is 54.8 Å². The van der Waals surface area contributed by atoms with Gasteiger partial charge < -0.3 is 74.3 Å². The third-order valence-electron chi connectivity index (χ3n) is 16.2. The number of aromatic nitrogens is 3. The van der Waals surface area contributed by atoms with Gasteiger partial charge in [-0.05, 0) is 113 Å². The van der Waals surface area contributed by atoms with E-state index in [1.807, 2.05) is 4.68 Å². The van der Waals surface area contributed by atoms with Crippen LogP contribution in [0.15, 0.2) is 35.3 Å². The van der Waals surface area contributed by atoms with Crippen molar-refractivity contribution in [2.45, 2.75) is 177 Å². The first-order chi connectivity index (χ1) is 41.8. The van der Waals surface area contributed by atoms with Gasteiger partial charge in [-0.25, -0.2) is 9.48 Å². The number of amides is 8. The molecule has 3 heterocycles. The second-order valence-electron chi connectivity index (χ2n) is 22.7. The fourth-order valence-corrected chi connectivity index (χ4v) is 11.8. The number of ether oxygens (including phenoxy) is 1. The van der Waals surface area contributed by atoms with E-state index in [-0.39, 0.29) is 82.0 Å². The maximum absolute atomic E-state index is 14.1. The van der Waals surface area contributed by atoms with Gasteiger partial charge in [0.15, 0.2) is 5.96 Å². The number of guanidine groups is 1. The molecule has 1 aromatic heterocycles. The number of aliphatic imine (C=N–C) groups is 1. The van der Waals surface area contributed by atoms with Crippen LogP contribution in [0.4, 0.5) is 4.79 Å². The summed E-state index contributed by atoms with van der Waals surface area (Å²) in [7, 11) is -2.79. The van der Waals surface area contributed by atoms with Crippen LogP contribution in [0.25, 0.3) is 0 Å². The number of rotatable bonds is 31. The number of hydrogen-bond acceptors (Lipinski definition) is 17. The Hall–Kier alpha value is -7.40. The van der Waals surface area contributed by atoms with Crippen LogP contribution < -0.4 is 54.4 Å². The lowest BCUT2D eigenvalue weighted by molar-refractivity contribution is -0.141. The summed E-state index contributed by atoms with van der Waals surface area (Å²) in [4.78, 5) is 133. The van der Waals surface area contributed by atoms with E-state index in [1.165, 1.54) is 4.90 Å².